The van der Waals surface area contributed by atoms with Gasteiger partial charge in [-0.05, 0) is 37.5 Å². The minimum absolute atomic E-state index is 0.0332. The molecule has 1 aliphatic heterocycles. The van der Waals surface area contributed by atoms with E-state index >= 15 is 0 Å². The SMILES string of the molecule is Cc1ccc(-c2n[nH]c3c2C(c2ccc(O)cc2)N(C2CCCC2)C3=O)cc1. The molecule has 5 nitrogen and oxygen atoms in total. The molecule has 2 aromatic carbocycles. The Bertz CT molecular complexity index is 1020. The van der Waals surface area contributed by atoms with Gasteiger partial charge in [0.1, 0.15) is 11.4 Å². The molecule has 5 rings (SSSR count). The van der Waals surface area contributed by atoms with Crippen LogP contribution < -0.4 is 0 Å². The van der Waals surface area contributed by atoms with Crippen LogP contribution in [0.4, 0.5) is 0 Å². The number of rotatable bonds is 3. The Balaban J connectivity index is 1.67. The second-order valence-electron chi connectivity index (χ2n) is 7.87. The van der Waals surface area contributed by atoms with Crippen molar-refractivity contribution in [3.63, 3.8) is 0 Å². The fourth-order valence-electron chi connectivity index (χ4n) is 4.64. The molecular formula is C23H23N3O2. The van der Waals surface area contributed by atoms with Gasteiger partial charge >= 0.3 is 0 Å². The lowest BCUT2D eigenvalue weighted by atomic mass is 9.95. The summed E-state index contributed by atoms with van der Waals surface area (Å²) in [5, 5.41) is 17.3. The van der Waals surface area contributed by atoms with Crippen molar-refractivity contribution in [2.45, 2.75) is 44.7 Å². The summed E-state index contributed by atoms with van der Waals surface area (Å²) in [7, 11) is 0. The van der Waals surface area contributed by atoms with E-state index in [0.717, 1.165) is 48.1 Å². The van der Waals surface area contributed by atoms with Gasteiger partial charge < -0.3 is 10.0 Å². The van der Waals surface area contributed by atoms with Gasteiger partial charge in [0, 0.05) is 17.2 Å². The molecule has 0 radical (unpaired) electrons. The van der Waals surface area contributed by atoms with Crippen molar-refractivity contribution < 1.29 is 9.90 Å². The van der Waals surface area contributed by atoms with Crippen LogP contribution in [0, 0.1) is 6.92 Å². The Morgan fingerprint density at radius 3 is 2.39 bits per heavy atom. The number of H-pyrrole nitrogens is 1. The van der Waals surface area contributed by atoms with Crippen LogP contribution >= 0.6 is 0 Å². The highest BCUT2D eigenvalue weighted by Crippen LogP contribution is 2.46. The Morgan fingerprint density at radius 1 is 1.04 bits per heavy atom. The van der Waals surface area contributed by atoms with Gasteiger partial charge in [0.05, 0.1) is 11.7 Å². The second kappa shape index (κ2) is 6.51. The summed E-state index contributed by atoms with van der Waals surface area (Å²) in [6.07, 6.45) is 4.40. The Labute approximate surface area is 164 Å². The van der Waals surface area contributed by atoms with E-state index in [-0.39, 0.29) is 23.7 Å². The third-order valence-electron chi connectivity index (χ3n) is 6.06. The lowest BCUT2D eigenvalue weighted by molar-refractivity contribution is 0.0660. The fourth-order valence-corrected chi connectivity index (χ4v) is 4.64. The minimum Gasteiger partial charge on any atom is -0.508 e. The van der Waals surface area contributed by atoms with Gasteiger partial charge in [-0.15, -0.1) is 0 Å². The van der Waals surface area contributed by atoms with Crippen LogP contribution in [0.1, 0.15) is 58.9 Å². The van der Waals surface area contributed by atoms with Gasteiger partial charge in [0.25, 0.3) is 5.91 Å². The zero-order chi connectivity index (χ0) is 19.3. The van der Waals surface area contributed by atoms with Crippen molar-refractivity contribution in [2.75, 3.05) is 0 Å². The number of carbonyl (C=O) groups is 1. The Hall–Kier alpha value is -3.08. The van der Waals surface area contributed by atoms with Crippen LogP contribution in [0.25, 0.3) is 11.3 Å². The van der Waals surface area contributed by atoms with Gasteiger partial charge in [0.15, 0.2) is 0 Å². The maximum atomic E-state index is 13.3. The lowest BCUT2D eigenvalue weighted by Crippen LogP contribution is -2.37. The van der Waals surface area contributed by atoms with E-state index in [0.29, 0.717) is 5.69 Å². The molecule has 2 aliphatic rings. The first-order valence-corrected chi connectivity index (χ1v) is 9.90. The summed E-state index contributed by atoms with van der Waals surface area (Å²) in [6.45, 7) is 2.06. The standard InChI is InChI=1S/C23H23N3O2/c1-14-6-8-15(9-7-14)20-19-21(25-24-20)23(28)26(17-4-2-3-5-17)22(19)16-10-12-18(27)13-11-16/h6-13,17,22,27H,2-5H2,1H3,(H,24,25). The molecule has 1 atom stereocenters. The number of phenols is 1. The third kappa shape index (κ3) is 2.61. The molecule has 142 valence electrons. The van der Waals surface area contributed by atoms with Crippen LogP contribution in [-0.4, -0.2) is 32.2 Å². The first-order chi connectivity index (χ1) is 13.6. The summed E-state index contributed by atoms with van der Waals surface area (Å²) < 4.78 is 0. The molecule has 5 heteroatoms. The molecule has 2 heterocycles. The Kier molecular flexibility index (Phi) is 3.97. The second-order valence-corrected chi connectivity index (χ2v) is 7.87. The number of carbonyl (C=O) groups excluding carboxylic acids is 1. The summed E-state index contributed by atoms with van der Waals surface area (Å²) in [6, 6.07) is 15.5. The summed E-state index contributed by atoms with van der Waals surface area (Å²) >= 11 is 0. The maximum Gasteiger partial charge on any atom is 0.273 e. The maximum absolute atomic E-state index is 13.3. The van der Waals surface area contributed by atoms with E-state index < -0.39 is 0 Å². The smallest absolute Gasteiger partial charge is 0.273 e. The quantitative estimate of drug-likeness (QED) is 0.706. The molecule has 28 heavy (non-hydrogen) atoms. The van der Waals surface area contributed by atoms with E-state index in [1.165, 1.54) is 5.56 Å². The van der Waals surface area contributed by atoms with Gasteiger partial charge in [-0.2, -0.15) is 5.10 Å². The molecule has 1 amide bonds. The van der Waals surface area contributed by atoms with Gasteiger partial charge in [0.2, 0.25) is 0 Å². The molecule has 0 saturated heterocycles. The van der Waals surface area contributed by atoms with Gasteiger partial charge in [-0.25, -0.2) is 0 Å². The number of benzene rings is 2. The van der Waals surface area contributed by atoms with E-state index in [4.69, 9.17) is 0 Å². The molecule has 1 unspecified atom stereocenters. The molecule has 0 spiro atoms. The minimum atomic E-state index is -0.179. The molecule has 1 saturated carbocycles. The zero-order valence-electron chi connectivity index (χ0n) is 15.9. The molecule has 0 bridgehead atoms. The highest BCUT2D eigenvalue weighted by atomic mass is 16.3. The van der Waals surface area contributed by atoms with Crippen molar-refractivity contribution in [1.29, 1.82) is 0 Å². The fraction of sp³-hybridized carbons (Fsp3) is 0.304. The number of hydrogen-bond acceptors (Lipinski definition) is 3. The van der Waals surface area contributed by atoms with Crippen molar-refractivity contribution in [2.24, 2.45) is 0 Å². The first-order valence-electron chi connectivity index (χ1n) is 9.90. The highest BCUT2D eigenvalue weighted by molar-refractivity contribution is 6.00. The largest absolute Gasteiger partial charge is 0.508 e. The van der Waals surface area contributed by atoms with E-state index in [2.05, 4.69) is 41.4 Å². The summed E-state index contributed by atoms with van der Waals surface area (Å²) in [4.78, 5) is 15.4. The average molecular weight is 373 g/mol. The molecular weight excluding hydrogens is 350 g/mol. The zero-order valence-corrected chi connectivity index (χ0v) is 15.9. The lowest BCUT2D eigenvalue weighted by Gasteiger charge is -2.31. The number of phenolic OH excluding ortho intramolecular Hbond substituents is 1. The molecule has 3 aromatic rings. The van der Waals surface area contributed by atoms with Crippen LogP contribution in [0.5, 0.6) is 5.75 Å². The molecule has 1 aliphatic carbocycles. The number of aryl methyl sites for hydroxylation is 1. The number of fused-ring (bicyclic) bond motifs is 1. The van der Waals surface area contributed by atoms with Crippen LogP contribution in [0.15, 0.2) is 48.5 Å². The average Bonchev–Trinajstić information content (AvgIpc) is 3.41. The summed E-state index contributed by atoms with van der Waals surface area (Å²) in [5.74, 6) is 0.262. The van der Waals surface area contributed by atoms with E-state index in [9.17, 15) is 9.90 Å². The third-order valence-corrected chi connectivity index (χ3v) is 6.06. The van der Waals surface area contributed by atoms with Crippen molar-refractivity contribution >= 4 is 5.91 Å². The van der Waals surface area contributed by atoms with Crippen molar-refractivity contribution in [1.82, 2.24) is 15.1 Å². The number of nitrogens with one attached hydrogen (secondary N) is 1. The molecule has 1 aromatic heterocycles. The molecule has 1 fully saturated rings. The van der Waals surface area contributed by atoms with Crippen molar-refractivity contribution in [3.8, 4) is 17.0 Å². The summed E-state index contributed by atoms with van der Waals surface area (Å²) in [5.41, 5.74) is 5.59. The van der Waals surface area contributed by atoms with Crippen LogP contribution in [0.3, 0.4) is 0 Å². The number of nitrogens with zero attached hydrogens (tertiary/aromatic N) is 2. The number of aromatic amines is 1. The number of amides is 1. The van der Waals surface area contributed by atoms with Crippen molar-refractivity contribution in [3.05, 3.63) is 70.9 Å². The Morgan fingerprint density at radius 2 is 1.71 bits per heavy atom. The first kappa shape index (κ1) is 17.0. The van der Waals surface area contributed by atoms with Crippen LogP contribution in [-0.2, 0) is 0 Å². The predicted molar refractivity (Wildman–Crippen MR) is 107 cm³/mol. The number of hydrogen-bond donors (Lipinski definition) is 2. The van der Waals surface area contributed by atoms with Crippen LogP contribution in [0.2, 0.25) is 0 Å². The highest BCUT2D eigenvalue weighted by Gasteiger charge is 2.45. The van der Waals surface area contributed by atoms with Gasteiger partial charge in [-0.3, -0.25) is 9.89 Å². The topological polar surface area (TPSA) is 69.2 Å². The van der Waals surface area contributed by atoms with Gasteiger partial charge in [-0.1, -0.05) is 54.8 Å². The van der Waals surface area contributed by atoms with E-state index in [1.807, 2.05) is 17.0 Å². The normalized spacial score (nSPS) is 19.4. The monoisotopic (exact) mass is 373 g/mol. The molecule has 2 N–H and O–H groups in total. The number of aromatic hydroxyl groups is 1. The van der Waals surface area contributed by atoms with E-state index in [1.54, 1.807) is 12.1 Å². The number of aromatic nitrogens is 2. The predicted octanol–water partition coefficient (Wildman–Crippen LogP) is 4.58.